The molecule has 1 aliphatic heterocycles. The predicted molar refractivity (Wildman–Crippen MR) is 25.4 cm³/mol. The molecule has 0 aromatic heterocycles. The first kappa shape index (κ1) is 4.16. The van der Waals surface area contributed by atoms with Crippen molar-refractivity contribution in [2.24, 2.45) is 0 Å². The summed E-state index contributed by atoms with van der Waals surface area (Å²) in [6.45, 7) is 0. The van der Waals surface area contributed by atoms with E-state index in [2.05, 4.69) is 9.69 Å². The molecule has 0 aromatic rings. The Morgan fingerprint density at radius 1 is 1.67 bits per heavy atom. The molecule has 0 amide bonds. The van der Waals surface area contributed by atoms with E-state index >= 15 is 0 Å². The molecular weight excluding hydrogens is 97.8 g/mol. The van der Waals surface area contributed by atoms with Gasteiger partial charge in [-0.2, -0.15) is 0 Å². The Labute approximate surface area is 38.5 Å². The Kier molecular flexibility index (Phi) is 1.54. The molecule has 6 heavy (non-hydrogen) atoms. The lowest BCUT2D eigenvalue weighted by atomic mass is 10.6. The molecule has 0 saturated carbocycles. The average Bonchev–Trinajstić information content (AvgIpc) is 1.72. The summed E-state index contributed by atoms with van der Waals surface area (Å²) < 4.78 is 0. The molecule has 0 N–H and O–H groups in total. The van der Waals surface area contributed by atoms with Crippen LogP contribution in [-0.4, -0.2) is 7.20 Å². The van der Waals surface area contributed by atoms with Gasteiger partial charge in [0, 0.05) is 0 Å². The first-order valence-electron chi connectivity index (χ1n) is 1.55. The Morgan fingerprint density at radius 3 is 2.83 bits per heavy atom. The lowest BCUT2D eigenvalue weighted by Gasteiger charge is -1.99. The summed E-state index contributed by atoms with van der Waals surface area (Å²) in [7, 11) is 2.26. The minimum absolute atomic E-state index is 0.649. The fourth-order valence-electron chi connectivity index (χ4n) is 0.194. The average molecular weight is 101 g/mol. The maximum atomic E-state index is 4.37. The van der Waals surface area contributed by atoms with E-state index in [1.165, 1.54) is 6.26 Å². The molecule has 1 radical (unpaired) electrons. The van der Waals surface area contributed by atoms with E-state index < -0.39 is 0 Å². The number of rotatable bonds is 0. The van der Waals surface area contributed by atoms with Crippen LogP contribution in [0.1, 0.15) is 0 Å². The van der Waals surface area contributed by atoms with Crippen LogP contribution in [0.25, 0.3) is 0 Å². The summed E-state index contributed by atoms with van der Waals surface area (Å²) in [4.78, 5) is 8.71. The zero-order valence-corrected chi connectivity index (χ0v) is 4.05. The molecular formula is C2H3BO2P. The fourth-order valence-corrected chi connectivity index (χ4v) is 0.518. The second-order valence-electron chi connectivity index (χ2n) is 0.780. The van der Waals surface area contributed by atoms with Gasteiger partial charge in [-0.05, 0) is 5.82 Å². The highest BCUT2D eigenvalue weighted by atomic mass is 31.1. The number of hydrogen-bond donors (Lipinski definition) is 0. The minimum Gasteiger partial charge on any atom is -0.362 e. The zero-order chi connectivity index (χ0) is 4.24. The Balaban J connectivity index is 2.26. The molecule has 0 bridgehead atoms. The van der Waals surface area contributed by atoms with E-state index in [9.17, 15) is 0 Å². The monoisotopic (exact) mass is 101 g/mol. The summed E-state index contributed by atoms with van der Waals surface area (Å²) in [5, 5.41) is 0. The van der Waals surface area contributed by atoms with Crippen LogP contribution in [0.4, 0.5) is 0 Å². The Morgan fingerprint density at radius 2 is 2.67 bits per heavy atom. The smallest absolute Gasteiger partial charge is 0.362 e. The lowest BCUT2D eigenvalue weighted by Crippen LogP contribution is -1.91. The molecule has 0 fully saturated rings. The molecule has 1 rings (SSSR count). The zero-order valence-electron chi connectivity index (χ0n) is 3.05. The summed E-state index contributed by atoms with van der Waals surface area (Å²) >= 11 is 0. The molecule has 0 spiro atoms. The van der Waals surface area contributed by atoms with Crippen LogP contribution in [0, 0.1) is 0 Å². The molecule has 4 heteroatoms. The maximum Gasteiger partial charge on any atom is 0.394 e. The van der Waals surface area contributed by atoms with Crippen LogP contribution in [0.2, 0.25) is 0 Å². The van der Waals surface area contributed by atoms with Crippen molar-refractivity contribution in [3.8, 4) is 0 Å². The summed E-state index contributed by atoms with van der Waals surface area (Å²) in [6.07, 6.45) is 1.53. The molecule has 0 saturated heterocycles. The molecule has 2 nitrogen and oxygen atoms in total. The van der Waals surface area contributed by atoms with Crippen LogP contribution < -0.4 is 0 Å². The molecule has 0 aromatic carbocycles. The van der Waals surface area contributed by atoms with Crippen LogP contribution >= 0.6 is 8.46 Å². The van der Waals surface area contributed by atoms with Crippen LogP contribution in [-0.2, 0) is 9.69 Å². The maximum absolute atomic E-state index is 4.37. The quantitative estimate of drug-likeness (QED) is 0.253. The Hall–Kier alpha value is -0.00506. The van der Waals surface area contributed by atoms with Gasteiger partial charge in [-0.25, -0.2) is 0 Å². The topological polar surface area (TPSA) is 18.5 Å². The van der Waals surface area contributed by atoms with Gasteiger partial charge in [-0.15, -0.1) is 0 Å². The van der Waals surface area contributed by atoms with Gasteiger partial charge < -0.3 is 4.89 Å². The van der Waals surface area contributed by atoms with Crippen molar-refractivity contribution in [3.63, 3.8) is 0 Å². The third-order valence-corrected chi connectivity index (χ3v) is 0.952. The van der Waals surface area contributed by atoms with E-state index in [-0.39, 0.29) is 0 Å². The van der Waals surface area contributed by atoms with Crippen molar-refractivity contribution in [1.82, 2.24) is 0 Å². The van der Waals surface area contributed by atoms with Gasteiger partial charge in [0.25, 0.3) is 0 Å². The first-order chi connectivity index (χ1) is 3.00. The summed E-state index contributed by atoms with van der Waals surface area (Å²) in [5.74, 6) is 1.89. The second-order valence-corrected chi connectivity index (χ2v) is 1.68. The first-order valence-corrected chi connectivity index (χ1v) is 2.70. The largest absolute Gasteiger partial charge is 0.394 e. The van der Waals surface area contributed by atoms with Crippen LogP contribution in [0.3, 0.4) is 0 Å². The van der Waals surface area contributed by atoms with Gasteiger partial charge in [0.05, 0.1) is 0 Å². The van der Waals surface area contributed by atoms with Crippen molar-refractivity contribution in [2.75, 3.05) is 0 Å². The highest BCUT2D eigenvalue weighted by Gasteiger charge is 1.92. The van der Waals surface area contributed by atoms with Gasteiger partial charge in [-0.1, -0.05) is 8.46 Å². The van der Waals surface area contributed by atoms with Crippen molar-refractivity contribution in [2.45, 2.75) is 0 Å². The SMILES string of the molecule is [B]1OOC=CP1. The molecule has 0 aliphatic carbocycles. The van der Waals surface area contributed by atoms with Gasteiger partial charge in [-0.3, -0.25) is 4.81 Å². The predicted octanol–water partition coefficient (Wildman–Crippen LogP) is 0.632. The summed E-state index contributed by atoms with van der Waals surface area (Å²) in [6, 6.07) is 0. The summed E-state index contributed by atoms with van der Waals surface area (Å²) in [5.41, 5.74) is 0. The van der Waals surface area contributed by atoms with Crippen molar-refractivity contribution in [1.29, 1.82) is 0 Å². The van der Waals surface area contributed by atoms with Crippen LogP contribution in [0.5, 0.6) is 0 Å². The van der Waals surface area contributed by atoms with E-state index in [1.807, 2.05) is 5.82 Å². The van der Waals surface area contributed by atoms with Gasteiger partial charge >= 0.3 is 7.20 Å². The van der Waals surface area contributed by atoms with Gasteiger partial charge in [0.15, 0.2) is 0 Å². The second kappa shape index (κ2) is 2.22. The van der Waals surface area contributed by atoms with E-state index in [4.69, 9.17) is 0 Å². The van der Waals surface area contributed by atoms with Crippen molar-refractivity contribution >= 4 is 15.7 Å². The Bertz CT molecular complexity index is 56.6. The highest BCUT2D eigenvalue weighted by Crippen LogP contribution is 2.12. The highest BCUT2D eigenvalue weighted by molar-refractivity contribution is 7.72. The normalized spacial score (nSPS) is 22.7. The van der Waals surface area contributed by atoms with Crippen molar-refractivity contribution in [3.05, 3.63) is 12.1 Å². The third kappa shape index (κ3) is 0.997. The van der Waals surface area contributed by atoms with E-state index in [0.717, 1.165) is 0 Å². The molecule has 1 unspecified atom stereocenters. The molecule has 31 valence electrons. The molecule has 1 heterocycles. The van der Waals surface area contributed by atoms with E-state index in [0.29, 0.717) is 8.46 Å². The van der Waals surface area contributed by atoms with Gasteiger partial charge in [0.1, 0.15) is 6.26 Å². The van der Waals surface area contributed by atoms with Crippen LogP contribution in [0.15, 0.2) is 12.1 Å². The lowest BCUT2D eigenvalue weighted by molar-refractivity contribution is -0.147. The fraction of sp³-hybridized carbons (Fsp3) is 0. The third-order valence-electron chi connectivity index (χ3n) is 0.392. The van der Waals surface area contributed by atoms with Gasteiger partial charge in [0.2, 0.25) is 0 Å². The standard InChI is InChI=1S/C2H3BO2P/c1-2-6-3-5-4-1/h1-2,6H. The molecule has 1 atom stereocenters. The van der Waals surface area contributed by atoms with Crippen molar-refractivity contribution < 1.29 is 9.69 Å². The number of hydrogen-bond acceptors (Lipinski definition) is 2. The van der Waals surface area contributed by atoms with E-state index in [1.54, 1.807) is 7.20 Å². The minimum atomic E-state index is 0.649. The molecule has 1 aliphatic rings.